The van der Waals surface area contributed by atoms with Gasteiger partial charge >= 0.3 is 5.97 Å². The minimum atomic E-state index is -0.483. The van der Waals surface area contributed by atoms with Gasteiger partial charge in [-0.1, -0.05) is 12.1 Å². The number of fused-ring (bicyclic) bond motifs is 1. The Morgan fingerprint density at radius 2 is 2.33 bits per heavy atom. The molecule has 0 aliphatic carbocycles. The van der Waals surface area contributed by atoms with Crippen LogP contribution in [-0.2, 0) is 20.7 Å². The molecule has 1 heterocycles. The molecule has 0 aromatic heterocycles. The average molecular weight is 247 g/mol. The highest BCUT2D eigenvalue weighted by molar-refractivity contribution is 5.81. The van der Waals surface area contributed by atoms with Gasteiger partial charge in [-0.2, -0.15) is 0 Å². The molecule has 1 aromatic rings. The number of aldehydes is 1. The predicted molar refractivity (Wildman–Crippen MR) is 68.9 cm³/mol. The third kappa shape index (κ3) is 2.23. The van der Waals surface area contributed by atoms with Crippen LogP contribution in [0, 0.1) is 0 Å². The lowest BCUT2D eigenvalue weighted by atomic mass is 9.94. The van der Waals surface area contributed by atoms with Gasteiger partial charge in [0.2, 0.25) is 0 Å². The van der Waals surface area contributed by atoms with E-state index >= 15 is 0 Å². The molecule has 0 spiro atoms. The average Bonchev–Trinajstić information content (AvgIpc) is 2.76. The van der Waals surface area contributed by atoms with Crippen molar-refractivity contribution in [2.45, 2.75) is 18.8 Å². The number of likely N-dealkylation sites (N-methyl/N-ethyl adjacent to an activating group) is 1. The zero-order valence-electron chi connectivity index (χ0n) is 10.7. The van der Waals surface area contributed by atoms with E-state index in [1.165, 1.54) is 18.4 Å². The van der Waals surface area contributed by atoms with E-state index < -0.39 is 5.92 Å². The molecule has 4 nitrogen and oxygen atoms in total. The van der Waals surface area contributed by atoms with Crippen LogP contribution in [0.3, 0.4) is 0 Å². The Morgan fingerprint density at radius 1 is 1.56 bits per heavy atom. The molecular formula is C14H17NO3. The highest BCUT2D eigenvalue weighted by Gasteiger charge is 2.23. The van der Waals surface area contributed by atoms with Gasteiger partial charge in [-0.3, -0.25) is 4.79 Å². The van der Waals surface area contributed by atoms with Crippen LogP contribution in [-0.4, -0.2) is 33.0 Å². The van der Waals surface area contributed by atoms with E-state index in [9.17, 15) is 9.59 Å². The lowest BCUT2D eigenvalue weighted by molar-refractivity contribution is -0.143. The van der Waals surface area contributed by atoms with Crippen LogP contribution in [0.1, 0.15) is 23.5 Å². The van der Waals surface area contributed by atoms with E-state index in [0.29, 0.717) is 0 Å². The molecule has 0 amide bonds. The number of benzene rings is 1. The van der Waals surface area contributed by atoms with Gasteiger partial charge in [-0.05, 0) is 23.6 Å². The van der Waals surface area contributed by atoms with Crippen LogP contribution in [0.15, 0.2) is 18.2 Å². The van der Waals surface area contributed by atoms with Gasteiger partial charge in [0.15, 0.2) is 0 Å². The standard InChI is InChI=1S/C14H17NO3/c1-15-7-5-11-9-10(3-4-13(11)15)12(6-8-16)14(17)18-2/h3-4,8-9,12H,5-7H2,1-2H3. The monoisotopic (exact) mass is 247 g/mol. The fourth-order valence-electron chi connectivity index (χ4n) is 2.41. The van der Waals surface area contributed by atoms with Gasteiger partial charge in [-0.25, -0.2) is 0 Å². The van der Waals surface area contributed by atoms with Gasteiger partial charge < -0.3 is 14.4 Å². The lowest BCUT2D eigenvalue weighted by Crippen LogP contribution is -2.15. The van der Waals surface area contributed by atoms with E-state index in [4.69, 9.17) is 4.74 Å². The number of anilines is 1. The highest BCUT2D eigenvalue weighted by Crippen LogP contribution is 2.31. The number of ether oxygens (including phenoxy) is 1. The number of esters is 1. The second-order valence-electron chi connectivity index (χ2n) is 4.54. The lowest BCUT2D eigenvalue weighted by Gasteiger charge is -2.15. The summed E-state index contributed by atoms with van der Waals surface area (Å²) in [4.78, 5) is 24.5. The highest BCUT2D eigenvalue weighted by atomic mass is 16.5. The van der Waals surface area contributed by atoms with E-state index in [1.807, 2.05) is 18.2 Å². The number of carbonyl (C=O) groups excluding carboxylic acids is 2. The van der Waals surface area contributed by atoms with Crippen molar-refractivity contribution in [2.24, 2.45) is 0 Å². The normalized spacial score (nSPS) is 15.1. The SMILES string of the molecule is COC(=O)C(CC=O)c1ccc2c(c1)CCN2C. The first kappa shape index (κ1) is 12.6. The van der Waals surface area contributed by atoms with E-state index in [2.05, 4.69) is 11.9 Å². The van der Waals surface area contributed by atoms with Crippen molar-refractivity contribution in [3.8, 4) is 0 Å². The molecule has 1 aliphatic heterocycles. The van der Waals surface area contributed by atoms with Crippen molar-refractivity contribution >= 4 is 17.9 Å². The first-order valence-electron chi connectivity index (χ1n) is 6.02. The summed E-state index contributed by atoms with van der Waals surface area (Å²) in [6.07, 6.45) is 1.91. The number of methoxy groups -OCH3 is 1. The van der Waals surface area contributed by atoms with Crippen molar-refractivity contribution in [2.75, 3.05) is 25.6 Å². The summed E-state index contributed by atoms with van der Waals surface area (Å²) in [5, 5.41) is 0. The summed E-state index contributed by atoms with van der Waals surface area (Å²) in [5.74, 6) is -0.836. The quantitative estimate of drug-likeness (QED) is 0.598. The van der Waals surface area contributed by atoms with E-state index in [-0.39, 0.29) is 12.4 Å². The van der Waals surface area contributed by atoms with Crippen LogP contribution in [0.25, 0.3) is 0 Å². The van der Waals surface area contributed by atoms with Crippen molar-refractivity contribution < 1.29 is 14.3 Å². The fourth-order valence-corrected chi connectivity index (χ4v) is 2.41. The third-order valence-corrected chi connectivity index (χ3v) is 3.45. The Morgan fingerprint density at radius 3 is 3.00 bits per heavy atom. The first-order valence-corrected chi connectivity index (χ1v) is 6.02. The van der Waals surface area contributed by atoms with Crippen LogP contribution in [0.2, 0.25) is 0 Å². The van der Waals surface area contributed by atoms with Crippen LogP contribution >= 0.6 is 0 Å². The van der Waals surface area contributed by atoms with Crippen LogP contribution in [0.5, 0.6) is 0 Å². The van der Waals surface area contributed by atoms with Crippen molar-refractivity contribution in [1.82, 2.24) is 0 Å². The third-order valence-electron chi connectivity index (χ3n) is 3.45. The molecule has 0 bridgehead atoms. The Bertz CT molecular complexity index is 470. The number of carbonyl (C=O) groups is 2. The van der Waals surface area contributed by atoms with Crippen molar-refractivity contribution in [3.05, 3.63) is 29.3 Å². The Hall–Kier alpha value is -1.84. The molecule has 1 unspecified atom stereocenters. The fraction of sp³-hybridized carbons (Fsp3) is 0.429. The summed E-state index contributed by atoms with van der Waals surface area (Å²) < 4.78 is 4.75. The predicted octanol–water partition coefficient (Wildman–Crippen LogP) is 1.52. The van der Waals surface area contributed by atoms with Gasteiger partial charge in [0, 0.05) is 25.7 Å². The number of hydrogen-bond acceptors (Lipinski definition) is 4. The minimum Gasteiger partial charge on any atom is -0.469 e. The molecule has 4 heteroatoms. The molecular weight excluding hydrogens is 230 g/mol. The second kappa shape index (κ2) is 5.21. The van der Waals surface area contributed by atoms with Gasteiger partial charge in [0.1, 0.15) is 6.29 Å². The Labute approximate surface area is 107 Å². The minimum absolute atomic E-state index is 0.168. The molecule has 0 radical (unpaired) electrons. The topological polar surface area (TPSA) is 46.6 Å². The van der Waals surface area contributed by atoms with Crippen molar-refractivity contribution in [3.63, 3.8) is 0 Å². The Balaban J connectivity index is 2.32. The molecule has 2 rings (SSSR count). The number of nitrogens with zero attached hydrogens (tertiary/aromatic N) is 1. The molecule has 96 valence electrons. The smallest absolute Gasteiger partial charge is 0.313 e. The Kier molecular flexibility index (Phi) is 3.65. The molecule has 1 atom stereocenters. The summed E-state index contributed by atoms with van der Waals surface area (Å²) in [6.45, 7) is 0.995. The molecule has 0 saturated carbocycles. The number of hydrogen-bond donors (Lipinski definition) is 0. The summed E-state index contributed by atoms with van der Waals surface area (Å²) in [7, 11) is 3.40. The molecule has 0 N–H and O–H groups in total. The summed E-state index contributed by atoms with van der Waals surface area (Å²) in [5.41, 5.74) is 3.30. The first-order chi connectivity index (χ1) is 8.67. The van der Waals surface area contributed by atoms with Gasteiger partial charge in [0.05, 0.1) is 13.0 Å². The number of rotatable bonds is 4. The van der Waals surface area contributed by atoms with E-state index in [0.717, 1.165) is 24.8 Å². The molecule has 1 aromatic carbocycles. The zero-order chi connectivity index (χ0) is 13.1. The van der Waals surface area contributed by atoms with Gasteiger partial charge in [0.25, 0.3) is 0 Å². The largest absolute Gasteiger partial charge is 0.469 e. The van der Waals surface area contributed by atoms with Gasteiger partial charge in [-0.15, -0.1) is 0 Å². The van der Waals surface area contributed by atoms with Crippen LogP contribution in [0.4, 0.5) is 5.69 Å². The molecule has 1 aliphatic rings. The van der Waals surface area contributed by atoms with Crippen LogP contribution < -0.4 is 4.90 Å². The summed E-state index contributed by atoms with van der Waals surface area (Å²) in [6, 6.07) is 5.94. The maximum Gasteiger partial charge on any atom is 0.313 e. The molecule has 18 heavy (non-hydrogen) atoms. The second-order valence-corrected chi connectivity index (χ2v) is 4.54. The van der Waals surface area contributed by atoms with E-state index in [1.54, 1.807) is 0 Å². The van der Waals surface area contributed by atoms with Crippen molar-refractivity contribution in [1.29, 1.82) is 0 Å². The molecule has 0 saturated heterocycles. The molecule has 0 fully saturated rings. The summed E-state index contributed by atoms with van der Waals surface area (Å²) >= 11 is 0. The zero-order valence-corrected chi connectivity index (χ0v) is 10.7. The maximum atomic E-state index is 11.7. The maximum absolute atomic E-state index is 11.7.